The van der Waals surface area contributed by atoms with Gasteiger partial charge in [0, 0.05) is 12.3 Å². The number of carbonyl (C=O) groups is 2. The molecule has 0 aromatic rings. The van der Waals surface area contributed by atoms with Crippen LogP contribution in [0.1, 0.15) is 27.2 Å². The summed E-state index contributed by atoms with van der Waals surface area (Å²) in [5.41, 5.74) is 0. The lowest BCUT2D eigenvalue weighted by Crippen LogP contribution is -2.42. The fraction of sp³-hybridized carbons (Fsp3) is 0.636. The van der Waals surface area contributed by atoms with Crippen molar-refractivity contribution in [2.75, 3.05) is 0 Å². The molecule has 1 rings (SSSR count). The molecular weight excluding hydrogens is 178 g/mol. The zero-order valence-corrected chi connectivity index (χ0v) is 8.78. The molecule has 0 spiro atoms. The molecule has 2 unspecified atom stereocenters. The van der Waals surface area contributed by atoms with E-state index in [-0.39, 0.29) is 29.7 Å². The Kier molecular flexibility index (Phi) is 2.95. The molecule has 1 aliphatic rings. The Balaban J connectivity index is 2.92. The first-order chi connectivity index (χ1) is 6.49. The zero-order valence-electron chi connectivity index (χ0n) is 8.78. The first-order valence-electron chi connectivity index (χ1n) is 4.81. The number of nitrogens with zero attached hydrogens (tertiary/aromatic N) is 1. The molecule has 3 nitrogen and oxygen atoms in total. The van der Waals surface area contributed by atoms with Crippen LogP contribution in [0, 0.1) is 24.2 Å². The second-order valence-corrected chi connectivity index (χ2v) is 4.06. The predicted octanol–water partition coefficient (Wildman–Crippen LogP) is 1.04. The van der Waals surface area contributed by atoms with Gasteiger partial charge in [-0.25, -0.2) is 0 Å². The Morgan fingerprint density at radius 2 is 2.07 bits per heavy atom. The van der Waals surface area contributed by atoms with Crippen molar-refractivity contribution in [3.05, 3.63) is 0 Å². The van der Waals surface area contributed by atoms with Gasteiger partial charge in [0.15, 0.2) is 0 Å². The number of terminal acetylenes is 1. The fourth-order valence-electron chi connectivity index (χ4n) is 1.67. The average molecular weight is 193 g/mol. The van der Waals surface area contributed by atoms with Crippen molar-refractivity contribution in [1.82, 2.24) is 4.90 Å². The van der Waals surface area contributed by atoms with Gasteiger partial charge in [-0.05, 0) is 5.92 Å². The third kappa shape index (κ3) is 1.65. The van der Waals surface area contributed by atoms with Crippen LogP contribution in [0.3, 0.4) is 0 Å². The van der Waals surface area contributed by atoms with E-state index in [0.29, 0.717) is 6.42 Å². The number of likely N-dealkylation sites (tertiary alicyclic amines) is 1. The monoisotopic (exact) mass is 193 g/mol. The van der Waals surface area contributed by atoms with E-state index in [1.54, 1.807) is 6.92 Å². The van der Waals surface area contributed by atoms with Gasteiger partial charge in [0.25, 0.3) is 0 Å². The van der Waals surface area contributed by atoms with Crippen molar-refractivity contribution in [1.29, 1.82) is 0 Å². The molecule has 1 aliphatic heterocycles. The normalized spacial score (nSPS) is 24.2. The standard InChI is InChI=1S/C11H15NO2/c1-5-9(7(2)3)12-10(13)6-8(4)11(12)14/h1,7-9H,6H2,2-4H3. The molecule has 1 fully saturated rings. The van der Waals surface area contributed by atoms with Crippen LogP contribution in [0.4, 0.5) is 0 Å². The minimum absolute atomic E-state index is 0.109. The van der Waals surface area contributed by atoms with Crippen LogP contribution in [0.5, 0.6) is 0 Å². The lowest BCUT2D eigenvalue weighted by atomic mass is 10.0. The van der Waals surface area contributed by atoms with Crippen molar-refractivity contribution in [3.8, 4) is 12.3 Å². The molecule has 1 heterocycles. The van der Waals surface area contributed by atoms with E-state index in [9.17, 15) is 9.59 Å². The van der Waals surface area contributed by atoms with Crippen LogP contribution in [0.25, 0.3) is 0 Å². The summed E-state index contributed by atoms with van der Waals surface area (Å²) in [6, 6.07) is -0.389. The largest absolute Gasteiger partial charge is 0.274 e. The molecule has 0 saturated carbocycles. The van der Waals surface area contributed by atoms with E-state index in [1.807, 2.05) is 13.8 Å². The molecule has 76 valence electrons. The SMILES string of the molecule is C#CC(C(C)C)N1C(=O)CC(C)C1=O. The second kappa shape index (κ2) is 3.83. The Bertz CT molecular complexity index is 301. The van der Waals surface area contributed by atoms with Crippen molar-refractivity contribution in [3.63, 3.8) is 0 Å². The van der Waals surface area contributed by atoms with Crippen LogP contribution < -0.4 is 0 Å². The summed E-state index contributed by atoms with van der Waals surface area (Å²) < 4.78 is 0. The molecule has 2 atom stereocenters. The number of hydrogen-bond acceptors (Lipinski definition) is 2. The summed E-state index contributed by atoms with van der Waals surface area (Å²) in [6.45, 7) is 5.58. The summed E-state index contributed by atoms with van der Waals surface area (Å²) in [5, 5.41) is 0. The number of rotatable bonds is 2. The quantitative estimate of drug-likeness (QED) is 0.485. The summed E-state index contributed by atoms with van der Waals surface area (Å²) in [6.07, 6.45) is 5.62. The summed E-state index contributed by atoms with van der Waals surface area (Å²) in [7, 11) is 0. The minimum Gasteiger partial charge on any atom is -0.274 e. The van der Waals surface area contributed by atoms with E-state index < -0.39 is 0 Å². The third-order valence-electron chi connectivity index (χ3n) is 2.49. The van der Waals surface area contributed by atoms with Gasteiger partial charge in [0.2, 0.25) is 11.8 Å². The number of imide groups is 1. The highest BCUT2D eigenvalue weighted by atomic mass is 16.2. The summed E-state index contributed by atoms with van der Waals surface area (Å²) >= 11 is 0. The Morgan fingerprint density at radius 1 is 1.50 bits per heavy atom. The van der Waals surface area contributed by atoms with Crippen molar-refractivity contribution >= 4 is 11.8 Å². The van der Waals surface area contributed by atoms with Gasteiger partial charge in [-0.2, -0.15) is 0 Å². The maximum atomic E-state index is 11.6. The van der Waals surface area contributed by atoms with Crippen LogP contribution in [0.15, 0.2) is 0 Å². The van der Waals surface area contributed by atoms with E-state index in [2.05, 4.69) is 5.92 Å². The molecule has 0 aromatic carbocycles. The van der Waals surface area contributed by atoms with E-state index in [4.69, 9.17) is 6.42 Å². The Morgan fingerprint density at radius 3 is 2.36 bits per heavy atom. The van der Waals surface area contributed by atoms with Crippen LogP contribution in [-0.2, 0) is 9.59 Å². The predicted molar refractivity (Wildman–Crippen MR) is 53.1 cm³/mol. The molecule has 1 saturated heterocycles. The van der Waals surface area contributed by atoms with Crippen molar-refractivity contribution in [2.24, 2.45) is 11.8 Å². The van der Waals surface area contributed by atoms with Crippen LogP contribution in [-0.4, -0.2) is 22.8 Å². The van der Waals surface area contributed by atoms with Gasteiger partial charge < -0.3 is 0 Å². The molecule has 0 radical (unpaired) electrons. The molecule has 0 N–H and O–H groups in total. The molecule has 0 aromatic heterocycles. The highest BCUT2D eigenvalue weighted by molar-refractivity contribution is 6.04. The first kappa shape index (κ1) is 10.8. The zero-order chi connectivity index (χ0) is 10.9. The molecule has 0 aliphatic carbocycles. The highest BCUT2D eigenvalue weighted by Crippen LogP contribution is 2.23. The summed E-state index contributed by atoms with van der Waals surface area (Å²) in [5.74, 6) is 2.14. The third-order valence-corrected chi connectivity index (χ3v) is 2.49. The van der Waals surface area contributed by atoms with Gasteiger partial charge in [0.1, 0.15) is 6.04 Å². The second-order valence-electron chi connectivity index (χ2n) is 4.06. The first-order valence-corrected chi connectivity index (χ1v) is 4.81. The average Bonchev–Trinajstić information content (AvgIpc) is 2.32. The number of carbonyl (C=O) groups excluding carboxylic acids is 2. The maximum Gasteiger partial charge on any atom is 0.233 e. The minimum atomic E-state index is -0.389. The molecule has 0 bridgehead atoms. The van der Waals surface area contributed by atoms with Gasteiger partial charge in [-0.1, -0.05) is 26.7 Å². The molecule has 2 amide bonds. The van der Waals surface area contributed by atoms with Crippen molar-refractivity contribution < 1.29 is 9.59 Å². The van der Waals surface area contributed by atoms with Gasteiger partial charge in [-0.15, -0.1) is 6.42 Å². The molecule has 14 heavy (non-hydrogen) atoms. The van der Waals surface area contributed by atoms with Crippen molar-refractivity contribution in [2.45, 2.75) is 33.2 Å². The lowest BCUT2D eigenvalue weighted by Gasteiger charge is -2.24. The van der Waals surface area contributed by atoms with E-state index in [1.165, 1.54) is 4.90 Å². The summed E-state index contributed by atoms with van der Waals surface area (Å²) in [4.78, 5) is 24.4. The number of amides is 2. The topological polar surface area (TPSA) is 37.4 Å². The van der Waals surface area contributed by atoms with Gasteiger partial charge in [0.05, 0.1) is 0 Å². The molecule has 3 heteroatoms. The van der Waals surface area contributed by atoms with Gasteiger partial charge >= 0.3 is 0 Å². The van der Waals surface area contributed by atoms with E-state index in [0.717, 1.165) is 0 Å². The van der Waals surface area contributed by atoms with Gasteiger partial charge in [-0.3, -0.25) is 14.5 Å². The fourth-order valence-corrected chi connectivity index (χ4v) is 1.67. The van der Waals surface area contributed by atoms with Crippen LogP contribution in [0.2, 0.25) is 0 Å². The Labute approximate surface area is 84.5 Å². The Hall–Kier alpha value is -1.30. The maximum absolute atomic E-state index is 11.6. The van der Waals surface area contributed by atoms with E-state index >= 15 is 0 Å². The number of hydrogen-bond donors (Lipinski definition) is 0. The lowest BCUT2D eigenvalue weighted by molar-refractivity contribution is -0.141. The smallest absolute Gasteiger partial charge is 0.233 e. The molecular formula is C11H15NO2. The van der Waals surface area contributed by atoms with Crippen LogP contribution >= 0.6 is 0 Å². The highest BCUT2D eigenvalue weighted by Gasteiger charge is 2.40.